The largest absolute Gasteiger partial charge is 0.416 e. The van der Waals surface area contributed by atoms with E-state index in [0.717, 1.165) is 23.4 Å². The fraction of sp³-hybridized carbons (Fsp3) is 0.241. The number of alkyl halides is 3. The van der Waals surface area contributed by atoms with Gasteiger partial charge in [-0.3, -0.25) is 9.59 Å². The summed E-state index contributed by atoms with van der Waals surface area (Å²) < 4.78 is 40.5. The molecule has 5 rings (SSSR count). The average molecular weight is 519 g/mol. The van der Waals surface area contributed by atoms with Crippen molar-refractivity contribution in [1.29, 1.82) is 0 Å². The first-order valence-electron chi connectivity index (χ1n) is 12.1. The van der Waals surface area contributed by atoms with Gasteiger partial charge in [0.15, 0.2) is 11.6 Å². The van der Waals surface area contributed by atoms with Crippen LogP contribution in [0.3, 0.4) is 0 Å². The van der Waals surface area contributed by atoms with Crippen molar-refractivity contribution in [2.45, 2.75) is 39.4 Å². The molecule has 0 atom stereocenters. The van der Waals surface area contributed by atoms with E-state index in [1.165, 1.54) is 18.3 Å². The molecule has 4 aromatic rings. The molecule has 6 nitrogen and oxygen atoms in total. The summed E-state index contributed by atoms with van der Waals surface area (Å²) in [7, 11) is 0. The van der Waals surface area contributed by atoms with E-state index >= 15 is 0 Å². The lowest BCUT2D eigenvalue weighted by molar-refractivity contribution is -0.137. The Hall–Kier alpha value is -4.27. The van der Waals surface area contributed by atoms with Gasteiger partial charge >= 0.3 is 6.18 Å². The highest BCUT2D eigenvalue weighted by molar-refractivity contribution is 6.04. The van der Waals surface area contributed by atoms with Crippen molar-refractivity contribution in [1.82, 2.24) is 20.1 Å². The Bertz CT molecular complexity index is 1510. The molecule has 0 unspecified atom stereocenters. The second kappa shape index (κ2) is 9.55. The number of Topliss-reactive ketones (excluding diaryl/α,β-unsaturated/α-hetero) is 1. The number of carbonyl (C=O) groups is 2. The first-order valence-corrected chi connectivity index (χ1v) is 12.1. The number of ketones is 1. The van der Waals surface area contributed by atoms with Gasteiger partial charge in [0.25, 0.3) is 5.91 Å². The highest BCUT2D eigenvalue weighted by atomic mass is 19.4. The highest BCUT2D eigenvalue weighted by Gasteiger charge is 2.37. The molecule has 0 aliphatic heterocycles. The van der Waals surface area contributed by atoms with Crippen molar-refractivity contribution < 1.29 is 22.8 Å². The normalized spacial score (nSPS) is 14.7. The summed E-state index contributed by atoms with van der Waals surface area (Å²) in [5, 5.41) is 7.40. The molecule has 1 N–H and O–H groups in total. The number of pyridine rings is 1. The summed E-state index contributed by atoms with van der Waals surface area (Å²) in [6.07, 6.45) is -2.01. The zero-order valence-electron chi connectivity index (χ0n) is 20.8. The number of aromatic nitrogens is 3. The van der Waals surface area contributed by atoms with Crippen molar-refractivity contribution in [3.05, 3.63) is 101 Å². The highest BCUT2D eigenvalue weighted by Crippen LogP contribution is 2.39. The number of nitrogens with zero attached hydrogens (tertiary/aromatic N) is 3. The fourth-order valence-electron chi connectivity index (χ4n) is 4.72. The zero-order chi connectivity index (χ0) is 27.1. The molecular formula is C29H25F3N4O2. The van der Waals surface area contributed by atoms with Crippen molar-refractivity contribution >= 4 is 11.7 Å². The van der Waals surface area contributed by atoms with Crippen LogP contribution in [0.1, 0.15) is 57.8 Å². The summed E-state index contributed by atoms with van der Waals surface area (Å²) in [6.45, 7) is 4.02. The molecule has 1 aliphatic carbocycles. The smallest absolute Gasteiger partial charge is 0.348 e. The van der Waals surface area contributed by atoms with Crippen molar-refractivity contribution in [2.24, 2.45) is 5.41 Å². The number of nitrogens with one attached hydrogen (secondary N) is 1. The summed E-state index contributed by atoms with van der Waals surface area (Å²) in [5.74, 6) is 0.0283. The van der Waals surface area contributed by atoms with E-state index < -0.39 is 17.6 Å². The minimum absolute atomic E-state index is 0.0342. The van der Waals surface area contributed by atoms with Crippen molar-refractivity contribution in [3.63, 3.8) is 0 Å². The number of fused-ring (bicyclic) bond motifs is 1. The molecule has 2 heterocycles. The molecule has 0 bridgehead atoms. The quantitative estimate of drug-likeness (QED) is 0.350. The summed E-state index contributed by atoms with van der Waals surface area (Å²) in [6, 6.07) is 17.5. The van der Waals surface area contributed by atoms with E-state index in [0.29, 0.717) is 35.5 Å². The Balaban J connectivity index is 1.40. The predicted octanol–water partition coefficient (Wildman–Crippen LogP) is 6.04. The van der Waals surface area contributed by atoms with Gasteiger partial charge in [-0.25, -0.2) is 9.67 Å². The van der Waals surface area contributed by atoms with Crippen LogP contribution in [-0.2, 0) is 19.1 Å². The van der Waals surface area contributed by atoms with E-state index in [-0.39, 0.29) is 23.3 Å². The SMILES string of the molecule is CC1(C)CC(=O)c2c(-c3ccccc3)nn(-c3ccc(C(=O)NCc4cccc(C(F)(F)F)c4)cn3)c2C1. The van der Waals surface area contributed by atoms with Gasteiger partial charge in [0, 0.05) is 24.7 Å². The predicted molar refractivity (Wildman–Crippen MR) is 136 cm³/mol. The number of hydrogen-bond acceptors (Lipinski definition) is 4. The first-order chi connectivity index (χ1) is 18.0. The van der Waals surface area contributed by atoms with Crippen LogP contribution in [0.5, 0.6) is 0 Å². The maximum atomic E-state index is 13.2. The number of halogens is 3. The van der Waals surface area contributed by atoms with Gasteiger partial charge in [0.1, 0.15) is 5.69 Å². The van der Waals surface area contributed by atoms with Gasteiger partial charge in [-0.05, 0) is 41.7 Å². The van der Waals surface area contributed by atoms with Crippen LogP contribution < -0.4 is 5.32 Å². The number of carbonyl (C=O) groups excluding carboxylic acids is 2. The molecule has 0 saturated heterocycles. The Morgan fingerprint density at radius 1 is 1.03 bits per heavy atom. The molecule has 0 radical (unpaired) electrons. The minimum Gasteiger partial charge on any atom is -0.348 e. The van der Waals surface area contributed by atoms with Crippen LogP contribution in [0.25, 0.3) is 17.1 Å². The van der Waals surface area contributed by atoms with Crippen LogP contribution in [0.2, 0.25) is 0 Å². The van der Waals surface area contributed by atoms with E-state index in [2.05, 4.69) is 10.3 Å². The van der Waals surface area contributed by atoms with Gasteiger partial charge < -0.3 is 5.32 Å². The van der Waals surface area contributed by atoms with Crippen LogP contribution in [0.15, 0.2) is 72.9 Å². The Morgan fingerprint density at radius 3 is 2.47 bits per heavy atom. The van der Waals surface area contributed by atoms with Gasteiger partial charge in [-0.2, -0.15) is 18.3 Å². The van der Waals surface area contributed by atoms with Gasteiger partial charge in [0.2, 0.25) is 0 Å². The second-order valence-corrected chi connectivity index (χ2v) is 10.2. The number of hydrogen-bond donors (Lipinski definition) is 1. The first kappa shape index (κ1) is 25.4. The molecule has 2 aromatic carbocycles. The number of amides is 1. The fourth-order valence-corrected chi connectivity index (χ4v) is 4.72. The van der Waals surface area contributed by atoms with Crippen LogP contribution in [0.4, 0.5) is 13.2 Å². The molecule has 0 spiro atoms. The minimum atomic E-state index is -4.45. The molecule has 38 heavy (non-hydrogen) atoms. The zero-order valence-corrected chi connectivity index (χ0v) is 20.8. The van der Waals surface area contributed by atoms with E-state index in [9.17, 15) is 22.8 Å². The van der Waals surface area contributed by atoms with Crippen LogP contribution >= 0.6 is 0 Å². The molecule has 2 aromatic heterocycles. The average Bonchev–Trinajstić information content (AvgIpc) is 3.26. The van der Waals surface area contributed by atoms with Crippen molar-refractivity contribution in [2.75, 3.05) is 0 Å². The third-order valence-corrected chi connectivity index (χ3v) is 6.53. The summed E-state index contributed by atoms with van der Waals surface area (Å²) in [4.78, 5) is 30.3. The van der Waals surface area contributed by atoms with Gasteiger partial charge in [-0.1, -0.05) is 56.3 Å². The molecule has 194 valence electrons. The molecular weight excluding hydrogens is 493 g/mol. The summed E-state index contributed by atoms with van der Waals surface area (Å²) in [5.41, 5.74) is 2.39. The third kappa shape index (κ3) is 5.09. The molecule has 1 aliphatic rings. The van der Waals surface area contributed by atoms with Gasteiger partial charge in [-0.15, -0.1) is 0 Å². The molecule has 0 fully saturated rings. The number of rotatable bonds is 5. The second-order valence-electron chi connectivity index (χ2n) is 10.2. The third-order valence-electron chi connectivity index (χ3n) is 6.53. The summed E-state index contributed by atoms with van der Waals surface area (Å²) >= 11 is 0. The van der Waals surface area contributed by atoms with E-state index in [1.807, 2.05) is 44.2 Å². The van der Waals surface area contributed by atoms with Crippen LogP contribution in [-0.4, -0.2) is 26.5 Å². The lowest BCUT2D eigenvalue weighted by atomic mass is 9.75. The Kier molecular flexibility index (Phi) is 6.38. The molecule has 0 saturated carbocycles. The molecule has 9 heteroatoms. The van der Waals surface area contributed by atoms with E-state index in [4.69, 9.17) is 5.10 Å². The maximum absolute atomic E-state index is 13.2. The van der Waals surface area contributed by atoms with E-state index in [1.54, 1.807) is 16.8 Å². The number of benzene rings is 2. The lowest BCUT2D eigenvalue weighted by Crippen LogP contribution is -2.28. The van der Waals surface area contributed by atoms with Crippen LogP contribution in [0, 0.1) is 5.41 Å². The lowest BCUT2D eigenvalue weighted by Gasteiger charge is -2.29. The Labute approximate surface area is 217 Å². The topological polar surface area (TPSA) is 76.9 Å². The van der Waals surface area contributed by atoms with Gasteiger partial charge in [0.05, 0.1) is 22.4 Å². The Morgan fingerprint density at radius 2 is 1.79 bits per heavy atom. The standard InChI is InChI=1S/C29H25F3N4O2/c1-28(2)14-22-25(23(37)15-28)26(19-8-4-3-5-9-19)35-36(22)24-12-11-20(17-33-24)27(38)34-16-18-7-6-10-21(13-18)29(30,31)32/h3-13,17H,14-16H2,1-2H3,(H,34,38). The van der Waals surface area contributed by atoms with Crippen molar-refractivity contribution in [3.8, 4) is 17.1 Å². The molecule has 1 amide bonds. The maximum Gasteiger partial charge on any atom is 0.416 e. The monoisotopic (exact) mass is 518 g/mol.